The highest BCUT2D eigenvalue weighted by molar-refractivity contribution is 6.99. The zero-order valence-electron chi connectivity index (χ0n) is 54.2. The van der Waals surface area contributed by atoms with Crippen molar-refractivity contribution < 1.29 is 76.1 Å². The largest absolute Gasteiger partial charge is 0.475 e. The van der Waals surface area contributed by atoms with Crippen molar-refractivity contribution in [1.29, 1.82) is 0 Å². The first kappa shape index (κ1) is 68.9. The van der Waals surface area contributed by atoms with E-state index in [1.54, 1.807) is 28.3 Å². The summed E-state index contributed by atoms with van der Waals surface area (Å²) in [6, 6.07) is 20.4. The number of hydrogen-bond acceptors (Lipinski definition) is 15. The van der Waals surface area contributed by atoms with Gasteiger partial charge in [0.25, 0.3) is 14.1 Å². The van der Waals surface area contributed by atoms with Gasteiger partial charge in [-0.1, -0.05) is 120 Å². The fourth-order valence-corrected chi connectivity index (χ4v) is 19.1. The van der Waals surface area contributed by atoms with E-state index in [0.29, 0.717) is 38.6 Å². The summed E-state index contributed by atoms with van der Waals surface area (Å²) in [5.74, 6) is -6.99. The van der Waals surface area contributed by atoms with Gasteiger partial charge in [-0.3, -0.25) is 14.5 Å². The summed E-state index contributed by atoms with van der Waals surface area (Å²) >= 11 is 0. The van der Waals surface area contributed by atoms with Crippen LogP contribution in [0.5, 0.6) is 0 Å². The molecule has 17 nitrogen and oxygen atoms in total. The molecule has 18 heteroatoms. The number of carbonyl (C=O) groups is 5. The number of ketones is 2. The van der Waals surface area contributed by atoms with Crippen LogP contribution in [0.1, 0.15) is 161 Å². The number of carboxylic acids is 1. The van der Waals surface area contributed by atoms with Gasteiger partial charge in [0.15, 0.2) is 17.4 Å². The fourth-order valence-electron chi connectivity index (χ4n) is 14.3. The lowest BCUT2D eigenvalue weighted by molar-refractivity contribution is -0.419. The number of rotatable bonds is 21. The third kappa shape index (κ3) is 16.4. The van der Waals surface area contributed by atoms with Crippen LogP contribution < -0.4 is 10.4 Å². The summed E-state index contributed by atoms with van der Waals surface area (Å²) in [5.41, 5.74) is 1.05. The van der Waals surface area contributed by atoms with Crippen LogP contribution in [0.25, 0.3) is 0 Å². The van der Waals surface area contributed by atoms with Crippen molar-refractivity contribution in [3.8, 4) is 0 Å². The third-order valence-electron chi connectivity index (χ3n) is 18.3. The Labute approximate surface area is 513 Å². The number of ether oxygens (including phenoxy) is 9. The number of esters is 1. The zero-order chi connectivity index (χ0) is 63.1. The number of methoxy groups -OCH3 is 3. The van der Waals surface area contributed by atoms with Gasteiger partial charge in [0.2, 0.25) is 0 Å². The Morgan fingerprint density at radius 3 is 2.07 bits per heavy atom. The van der Waals surface area contributed by atoms with Gasteiger partial charge in [-0.15, -0.1) is 0 Å². The second-order valence-corrected chi connectivity index (χ2v) is 32.1. The van der Waals surface area contributed by atoms with Crippen molar-refractivity contribution in [3.05, 3.63) is 84.0 Å². The SMILES string of the molecule is CO[C@@H](C[C@@H](C)C/C(C)=C/[C@H]1CC(=O)CO[C@@]12C[C@@H]([C@@H](C)[C@H](OC(=O)[C@@H]1CCCCN1C(=O)OC(C)(C)C)/C(C)=C/[C@@H]1CC[C@@H](O[Si](c3ccccc3)(c3ccccc3)C(C)(C)C)[C@H](OC)C1)OC(C)(C)O2)[C@H]1O[C@@H](C(=O)C(=O)O)[C@H](C)C[C@@H]1OC. The predicted octanol–water partition coefficient (Wildman–Crippen LogP) is 10.7. The van der Waals surface area contributed by atoms with Crippen LogP contribution in [-0.2, 0) is 66.2 Å². The van der Waals surface area contributed by atoms with E-state index in [9.17, 15) is 29.1 Å². The zero-order valence-corrected chi connectivity index (χ0v) is 55.2. The van der Waals surface area contributed by atoms with Crippen LogP contribution in [0, 0.1) is 29.6 Å². The lowest BCUT2D eigenvalue weighted by atomic mass is 9.78. The van der Waals surface area contributed by atoms with Crippen LogP contribution >= 0.6 is 0 Å². The quantitative estimate of drug-likeness (QED) is 0.0535. The molecule has 2 aromatic carbocycles. The molecule has 1 spiro atoms. The molecule has 15 atom stereocenters. The minimum absolute atomic E-state index is 0.00564. The Balaban J connectivity index is 1.17. The number of allylic oxidation sites excluding steroid dienone is 2. The number of aliphatic carboxylic acids is 1. The monoisotopic (exact) mass is 1220 g/mol. The number of Topliss-reactive ketones (excluding diaryl/α,β-unsaturated/α-hetero) is 2. The van der Waals surface area contributed by atoms with Crippen molar-refractivity contribution in [2.45, 2.75) is 238 Å². The molecule has 4 heterocycles. The molecule has 5 aliphatic rings. The minimum Gasteiger partial charge on any atom is -0.475 e. The molecule has 5 fully saturated rings. The smallest absolute Gasteiger partial charge is 0.411 e. The molecule has 0 unspecified atom stereocenters. The number of carboxylic acid groups (broad SMARTS) is 1. The number of piperidine rings is 1. The van der Waals surface area contributed by atoms with Crippen molar-refractivity contribution in [1.82, 2.24) is 4.90 Å². The molecule has 4 aliphatic heterocycles. The van der Waals surface area contributed by atoms with Crippen LogP contribution in [0.4, 0.5) is 4.79 Å². The second kappa shape index (κ2) is 28.9. The Morgan fingerprint density at radius 1 is 0.849 bits per heavy atom. The number of likely N-dealkylation sites (tertiary alicyclic amines) is 1. The molecular weight excluding hydrogens is 1110 g/mol. The van der Waals surface area contributed by atoms with E-state index in [1.807, 2.05) is 67.5 Å². The van der Waals surface area contributed by atoms with E-state index >= 15 is 0 Å². The minimum atomic E-state index is -2.93. The number of hydrogen-bond donors (Lipinski definition) is 1. The molecule has 7 rings (SSSR count). The molecule has 0 radical (unpaired) electrons. The average molecular weight is 1220 g/mol. The van der Waals surface area contributed by atoms with E-state index in [-0.39, 0.29) is 60.2 Å². The van der Waals surface area contributed by atoms with E-state index < -0.39 is 104 Å². The average Bonchev–Trinajstić information content (AvgIpc) is 0.979. The van der Waals surface area contributed by atoms with Crippen molar-refractivity contribution >= 4 is 48.3 Å². The summed E-state index contributed by atoms with van der Waals surface area (Å²) < 4.78 is 65.2. The summed E-state index contributed by atoms with van der Waals surface area (Å²) in [6.45, 7) is 26.1. The molecule has 86 heavy (non-hydrogen) atoms. The van der Waals surface area contributed by atoms with E-state index in [2.05, 4.69) is 88.4 Å². The molecule has 2 aromatic rings. The van der Waals surface area contributed by atoms with Gasteiger partial charge in [0.1, 0.15) is 36.6 Å². The molecule has 0 aromatic heterocycles. The van der Waals surface area contributed by atoms with Gasteiger partial charge in [-0.05, 0) is 145 Å². The number of amides is 1. The van der Waals surface area contributed by atoms with E-state index in [0.717, 1.165) is 36.8 Å². The lowest BCUT2D eigenvalue weighted by Crippen LogP contribution is -2.68. The summed E-state index contributed by atoms with van der Waals surface area (Å²) in [7, 11) is 1.99. The van der Waals surface area contributed by atoms with Crippen molar-refractivity contribution in [2.75, 3.05) is 34.5 Å². The number of nitrogens with zero attached hydrogens (tertiary/aromatic N) is 1. The fraction of sp³-hybridized carbons (Fsp3) is 0.691. The third-order valence-corrected chi connectivity index (χ3v) is 23.4. The van der Waals surface area contributed by atoms with Crippen LogP contribution in [-0.4, -0.2) is 154 Å². The van der Waals surface area contributed by atoms with Crippen molar-refractivity contribution in [3.63, 3.8) is 0 Å². The first-order valence-electron chi connectivity index (χ1n) is 31.3. The summed E-state index contributed by atoms with van der Waals surface area (Å²) in [5, 5.41) is 11.7. The molecule has 1 aliphatic carbocycles. The maximum Gasteiger partial charge on any atom is 0.411 e. The molecule has 0 bridgehead atoms. The van der Waals surface area contributed by atoms with Gasteiger partial charge in [0, 0.05) is 52.6 Å². The molecule has 4 saturated heterocycles. The lowest BCUT2D eigenvalue weighted by Gasteiger charge is -2.53. The van der Waals surface area contributed by atoms with Gasteiger partial charge in [-0.2, -0.15) is 0 Å². The highest BCUT2D eigenvalue weighted by Crippen LogP contribution is 2.48. The molecule has 1 amide bonds. The predicted molar refractivity (Wildman–Crippen MR) is 329 cm³/mol. The van der Waals surface area contributed by atoms with Gasteiger partial charge in [0.05, 0.1) is 30.5 Å². The number of benzene rings is 2. The highest BCUT2D eigenvalue weighted by atomic mass is 28.4. The molecule has 1 N–H and O–H groups in total. The van der Waals surface area contributed by atoms with E-state index in [4.69, 9.17) is 47.1 Å². The first-order chi connectivity index (χ1) is 40.4. The summed E-state index contributed by atoms with van der Waals surface area (Å²) in [6.07, 6.45) is 5.11. The Bertz CT molecular complexity index is 2640. The first-order valence-corrected chi connectivity index (χ1v) is 33.2. The second-order valence-electron chi connectivity index (χ2n) is 27.8. The maximum absolute atomic E-state index is 14.9. The normalized spacial score (nSPS) is 30.2. The van der Waals surface area contributed by atoms with E-state index in [1.165, 1.54) is 15.3 Å². The maximum atomic E-state index is 14.9. The number of carbonyl (C=O) groups excluding carboxylic acids is 4. The Hall–Kier alpha value is -4.63. The van der Waals surface area contributed by atoms with Crippen LogP contribution in [0.2, 0.25) is 5.04 Å². The highest BCUT2D eigenvalue weighted by Gasteiger charge is 2.57. The summed E-state index contributed by atoms with van der Waals surface area (Å²) in [4.78, 5) is 68.2. The topological polar surface area (TPSA) is 201 Å². The van der Waals surface area contributed by atoms with Crippen LogP contribution in [0.15, 0.2) is 84.0 Å². The Morgan fingerprint density at radius 2 is 1.49 bits per heavy atom. The van der Waals surface area contributed by atoms with Gasteiger partial charge >= 0.3 is 18.0 Å². The molecule has 478 valence electrons. The molecular formula is C68H101NO16Si. The van der Waals surface area contributed by atoms with Crippen LogP contribution in [0.3, 0.4) is 0 Å². The standard InChI is InChI=1S/C68H101NO16Si/c1-42(33-43(2)35-55(77-15)61-56(78-16)37-45(4)60(80-61)58(71)62(72)73)34-48-39-49(70)41-79-68(48)40-57(82-67(12,13)85-68)46(5)59(81-63(74)52-29-23-24-32-69(52)64(75)83-65(6,7)8)44(3)36-47-30-31-53(54(38-47)76-14)84-86(66(9,10)11,50-25-19-17-20-26-50)51-27-21-18-22-28-51/h17-22,25-28,34,36,43,45-48,52-57,59-61H,23-24,29-33,35,37-41H2,1-16H3,(H,72,73)/b42-34+,44-36+/t43-,45+,46+,47-,48-,52-,53+,54+,55-,56-,57-,59+,60+,61+,68+/m0/s1. The van der Waals surface area contributed by atoms with Crippen molar-refractivity contribution in [2.24, 2.45) is 29.6 Å². The Kier molecular flexibility index (Phi) is 23.1. The van der Waals surface area contributed by atoms with Gasteiger partial charge < -0.3 is 52.2 Å². The van der Waals surface area contributed by atoms with Gasteiger partial charge in [-0.25, -0.2) is 14.4 Å². The molecule has 1 saturated carbocycles.